The SMILES string of the molecule is Cc1ccc(C(=O)N2CCC(c3ccc(C#N)cc3)CC2)cc1NC(=O)C1CCCCC1O. The molecule has 2 aromatic carbocycles. The predicted molar refractivity (Wildman–Crippen MR) is 127 cm³/mol. The molecule has 0 aromatic heterocycles. The van der Waals surface area contributed by atoms with Crippen LogP contribution in [0.2, 0.25) is 0 Å². The maximum atomic E-state index is 13.2. The monoisotopic (exact) mass is 445 g/mol. The Bertz CT molecular complexity index is 1050. The maximum absolute atomic E-state index is 13.2. The van der Waals surface area contributed by atoms with Crippen LogP contribution in [0.1, 0.15) is 71.5 Å². The van der Waals surface area contributed by atoms with Gasteiger partial charge in [0.25, 0.3) is 5.91 Å². The number of rotatable bonds is 4. The molecule has 1 aliphatic heterocycles. The number of nitrogens with one attached hydrogen (secondary N) is 1. The second-order valence-electron chi connectivity index (χ2n) is 9.28. The van der Waals surface area contributed by atoms with Gasteiger partial charge in [0.1, 0.15) is 0 Å². The van der Waals surface area contributed by atoms with Crippen LogP contribution in [0.3, 0.4) is 0 Å². The van der Waals surface area contributed by atoms with E-state index in [4.69, 9.17) is 5.26 Å². The van der Waals surface area contributed by atoms with E-state index < -0.39 is 12.0 Å². The molecular formula is C27H31N3O3. The Kier molecular flexibility index (Phi) is 7.10. The number of carbonyl (C=O) groups is 2. The Morgan fingerprint density at radius 3 is 2.39 bits per heavy atom. The first-order valence-corrected chi connectivity index (χ1v) is 11.8. The number of nitrogens with zero attached hydrogens (tertiary/aromatic N) is 2. The molecule has 1 saturated carbocycles. The molecule has 2 N–H and O–H groups in total. The highest BCUT2D eigenvalue weighted by molar-refractivity contribution is 5.98. The minimum Gasteiger partial charge on any atom is -0.392 e. The van der Waals surface area contributed by atoms with Gasteiger partial charge in [-0.05, 0) is 73.9 Å². The van der Waals surface area contributed by atoms with Crippen molar-refractivity contribution in [3.05, 3.63) is 64.7 Å². The highest BCUT2D eigenvalue weighted by atomic mass is 16.3. The molecule has 4 rings (SSSR count). The van der Waals surface area contributed by atoms with Crippen molar-refractivity contribution in [2.24, 2.45) is 5.92 Å². The van der Waals surface area contributed by atoms with Gasteiger partial charge >= 0.3 is 0 Å². The molecule has 2 aromatic rings. The number of hydrogen-bond donors (Lipinski definition) is 2. The molecule has 2 fully saturated rings. The zero-order valence-electron chi connectivity index (χ0n) is 19.1. The van der Waals surface area contributed by atoms with Crippen LogP contribution < -0.4 is 5.32 Å². The van der Waals surface area contributed by atoms with Gasteiger partial charge in [-0.3, -0.25) is 9.59 Å². The first kappa shape index (κ1) is 23.0. The van der Waals surface area contributed by atoms with Gasteiger partial charge in [-0.15, -0.1) is 0 Å². The van der Waals surface area contributed by atoms with E-state index in [1.807, 2.05) is 48.2 Å². The summed E-state index contributed by atoms with van der Waals surface area (Å²) in [6.45, 7) is 3.25. The number of piperidine rings is 1. The number of anilines is 1. The van der Waals surface area contributed by atoms with Crippen LogP contribution in [0.25, 0.3) is 0 Å². The quantitative estimate of drug-likeness (QED) is 0.730. The summed E-state index contributed by atoms with van der Waals surface area (Å²) in [4.78, 5) is 27.8. The Hall–Kier alpha value is -3.17. The molecule has 33 heavy (non-hydrogen) atoms. The zero-order valence-corrected chi connectivity index (χ0v) is 19.1. The topological polar surface area (TPSA) is 93.4 Å². The molecule has 172 valence electrons. The number of likely N-dealkylation sites (tertiary alicyclic amines) is 1. The van der Waals surface area contributed by atoms with Gasteiger partial charge in [0.05, 0.1) is 23.7 Å². The van der Waals surface area contributed by atoms with E-state index in [0.29, 0.717) is 48.7 Å². The van der Waals surface area contributed by atoms with E-state index in [1.165, 1.54) is 5.56 Å². The molecule has 1 aliphatic carbocycles. The molecule has 1 saturated heterocycles. The fraction of sp³-hybridized carbons (Fsp3) is 0.444. The Morgan fingerprint density at radius 2 is 1.73 bits per heavy atom. The minimum atomic E-state index is -0.596. The number of carbonyl (C=O) groups excluding carboxylic acids is 2. The molecule has 0 radical (unpaired) electrons. The number of benzene rings is 2. The first-order chi connectivity index (χ1) is 16.0. The molecule has 2 aliphatic rings. The molecule has 6 nitrogen and oxygen atoms in total. The van der Waals surface area contributed by atoms with Gasteiger partial charge in [0, 0.05) is 24.3 Å². The maximum Gasteiger partial charge on any atom is 0.253 e. The van der Waals surface area contributed by atoms with E-state index in [2.05, 4.69) is 11.4 Å². The highest BCUT2D eigenvalue weighted by Gasteiger charge is 2.30. The van der Waals surface area contributed by atoms with Crippen molar-refractivity contribution in [2.45, 2.75) is 57.5 Å². The summed E-state index contributed by atoms with van der Waals surface area (Å²) >= 11 is 0. The van der Waals surface area contributed by atoms with Gasteiger partial charge in [-0.2, -0.15) is 5.26 Å². The average Bonchev–Trinajstić information content (AvgIpc) is 2.85. The van der Waals surface area contributed by atoms with Gasteiger partial charge in [0.2, 0.25) is 5.91 Å². The van der Waals surface area contributed by atoms with Crippen molar-refractivity contribution in [2.75, 3.05) is 18.4 Å². The van der Waals surface area contributed by atoms with Crippen molar-refractivity contribution >= 4 is 17.5 Å². The van der Waals surface area contributed by atoms with Gasteiger partial charge in [-0.25, -0.2) is 0 Å². The van der Waals surface area contributed by atoms with Crippen LogP contribution in [0.5, 0.6) is 0 Å². The number of aliphatic hydroxyl groups excluding tert-OH is 1. The normalized spacial score (nSPS) is 21.3. The van der Waals surface area contributed by atoms with E-state index in [-0.39, 0.29) is 11.8 Å². The fourth-order valence-electron chi connectivity index (χ4n) is 4.96. The Balaban J connectivity index is 1.39. The third kappa shape index (κ3) is 5.26. The molecule has 2 unspecified atom stereocenters. The second kappa shape index (κ2) is 10.2. The molecule has 2 atom stereocenters. The van der Waals surface area contributed by atoms with Crippen molar-refractivity contribution < 1.29 is 14.7 Å². The van der Waals surface area contributed by atoms with Crippen LogP contribution in [0.15, 0.2) is 42.5 Å². The lowest BCUT2D eigenvalue weighted by Gasteiger charge is -2.32. The predicted octanol–water partition coefficient (Wildman–Crippen LogP) is 4.38. The van der Waals surface area contributed by atoms with Crippen LogP contribution in [-0.2, 0) is 4.79 Å². The van der Waals surface area contributed by atoms with Crippen molar-refractivity contribution in [1.29, 1.82) is 5.26 Å². The second-order valence-corrected chi connectivity index (χ2v) is 9.28. The first-order valence-electron chi connectivity index (χ1n) is 11.8. The number of aryl methyl sites for hydroxylation is 1. The van der Waals surface area contributed by atoms with Crippen molar-refractivity contribution in [3.8, 4) is 6.07 Å². The van der Waals surface area contributed by atoms with Crippen LogP contribution in [0.4, 0.5) is 5.69 Å². The van der Waals surface area contributed by atoms with Crippen LogP contribution in [0, 0.1) is 24.2 Å². The minimum absolute atomic E-state index is 0.0264. The molecule has 2 amide bonds. The van der Waals surface area contributed by atoms with E-state index >= 15 is 0 Å². The summed E-state index contributed by atoms with van der Waals surface area (Å²) in [5.41, 5.74) is 3.97. The van der Waals surface area contributed by atoms with E-state index in [1.54, 1.807) is 6.07 Å². The van der Waals surface area contributed by atoms with E-state index in [9.17, 15) is 14.7 Å². The number of nitriles is 1. The lowest BCUT2D eigenvalue weighted by atomic mass is 9.86. The van der Waals surface area contributed by atoms with Gasteiger partial charge < -0.3 is 15.3 Å². The Labute approximate surface area is 195 Å². The standard InChI is InChI=1S/C27H31N3O3/c1-18-6-9-22(16-24(18)29-26(32)23-4-2-3-5-25(23)31)27(33)30-14-12-21(13-15-30)20-10-7-19(17-28)8-11-20/h6-11,16,21,23,25,31H,2-5,12-15H2,1H3,(H,29,32). The smallest absolute Gasteiger partial charge is 0.253 e. The van der Waals surface area contributed by atoms with Gasteiger partial charge in [-0.1, -0.05) is 31.0 Å². The fourth-order valence-corrected chi connectivity index (χ4v) is 4.96. The largest absolute Gasteiger partial charge is 0.392 e. The zero-order chi connectivity index (χ0) is 23.4. The molecule has 1 heterocycles. The summed E-state index contributed by atoms with van der Waals surface area (Å²) in [6, 6.07) is 15.3. The van der Waals surface area contributed by atoms with Crippen LogP contribution in [-0.4, -0.2) is 41.0 Å². The summed E-state index contributed by atoms with van der Waals surface area (Å²) in [7, 11) is 0. The Morgan fingerprint density at radius 1 is 1.03 bits per heavy atom. The third-order valence-corrected chi connectivity index (χ3v) is 7.10. The third-order valence-electron chi connectivity index (χ3n) is 7.10. The number of hydrogen-bond acceptors (Lipinski definition) is 4. The number of amides is 2. The molecule has 6 heteroatoms. The van der Waals surface area contributed by atoms with Crippen LogP contribution >= 0.6 is 0 Å². The molecule has 0 bridgehead atoms. The summed E-state index contributed by atoms with van der Waals surface area (Å²) in [6.07, 6.45) is 4.42. The lowest BCUT2D eigenvalue weighted by molar-refractivity contribution is -0.124. The van der Waals surface area contributed by atoms with Crippen molar-refractivity contribution in [1.82, 2.24) is 4.90 Å². The number of aliphatic hydroxyl groups is 1. The summed E-state index contributed by atoms with van der Waals surface area (Å²) in [5.74, 6) is -0.199. The van der Waals surface area contributed by atoms with Crippen molar-refractivity contribution in [3.63, 3.8) is 0 Å². The van der Waals surface area contributed by atoms with Gasteiger partial charge in [0.15, 0.2) is 0 Å². The highest BCUT2D eigenvalue weighted by Crippen LogP contribution is 2.30. The summed E-state index contributed by atoms with van der Waals surface area (Å²) < 4.78 is 0. The average molecular weight is 446 g/mol. The molecular weight excluding hydrogens is 414 g/mol. The lowest BCUT2D eigenvalue weighted by Crippen LogP contribution is -2.38. The van der Waals surface area contributed by atoms with E-state index in [0.717, 1.165) is 31.2 Å². The summed E-state index contributed by atoms with van der Waals surface area (Å²) in [5, 5.41) is 22.1. The molecule has 0 spiro atoms.